The Hall–Kier alpha value is -4.06. The molecule has 4 rings (SSSR count). The van der Waals surface area contributed by atoms with Gasteiger partial charge in [-0.05, 0) is 35.9 Å². The first kappa shape index (κ1) is 19.3. The highest BCUT2D eigenvalue weighted by Gasteiger charge is 2.14. The van der Waals surface area contributed by atoms with Gasteiger partial charge in [-0.15, -0.1) is 0 Å². The van der Waals surface area contributed by atoms with Gasteiger partial charge in [0.25, 0.3) is 5.91 Å². The Bertz CT molecular complexity index is 1120. The average molecular weight is 398 g/mol. The van der Waals surface area contributed by atoms with Crippen molar-refractivity contribution in [3.05, 3.63) is 114 Å². The summed E-state index contributed by atoms with van der Waals surface area (Å²) < 4.78 is 13.3. The number of amides is 1. The van der Waals surface area contributed by atoms with E-state index in [0.717, 1.165) is 11.3 Å². The van der Waals surface area contributed by atoms with Crippen LogP contribution in [0.25, 0.3) is 0 Å². The number of benzene rings is 3. The quantitative estimate of drug-likeness (QED) is 0.485. The number of hydrogen-bond acceptors (Lipinski definition) is 4. The second-order valence-electron chi connectivity index (χ2n) is 6.63. The van der Waals surface area contributed by atoms with Gasteiger partial charge in [-0.3, -0.25) is 4.79 Å². The second kappa shape index (κ2) is 8.96. The molecule has 4 aromatic rings. The minimum atomic E-state index is -0.450. The van der Waals surface area contributed by atoms with Crippen molar-refractivity contribution in [2.75, 3.05) is 10.2 Å². The molecule has 0 atom stereocenters. The van der Waals surface area contributed by atoms with Gasteiger partial charge in [0, 0.05) is 17.9 Å². The number of carbonyl (C=O) groups excluding carboxylic acids is 1. The van der Waals surface area contributed by atoms with Crippen LogP contribution in [-0.4, -0.2) is 15.9 Å². The smallest absolute Gasteiger partial charge is 0.275 e. The minimum Gasteiger partial charge on any atom is -0.321 e. The molecule has 0 aliphatic carbocycles. The number of carbonyl (C=O) groups is 1. The van der Waals surface area contributed by atoms with E-state index in [4.69, 9.17) is 0 Å². The van der Waals surface area contributed by atoms with Crippen LogP contribution in [0.5, 0.6) is 0 Å². The van der Waals surface area contributed by atoms with E-state index in [1.54, 1.807) is 12.3 Å². The molecule has 0 fully saturated rings. The van der Waals surface area contributed by atoms with Crippen LogP contribution in [0.4, 0.5) is 21.6 Å². The molecule has 0 aliphatic rings. The molecule has 0 aliphatic heterocycles. The zero-order chi connectivity index (χ0) is 20.8. The van der Waals surface area contributed by atoms with Crippen LogP contribution in [0, 0.1) is 5.82 Å². The monoisotopic (exact) mass is 398 g/mol. The summed E-state index contributed by atoms with van der Waals surface area (Å²) in [5, 5.41) is 2.62. The van der Waals surface area contributed by atoms with Crippen LogP contribution in [0.15, 0.2) is 97.3 Å². The van der Waals surface area contributed by atoms with Crippen molar-refractivity contribution in [1.29, 1.82) is 0 Å². The highest BCUT2D eigenvalue weighted by Crippen LogP contribution is 2.25. The molecule has 1 aromatic heterocycles. The van der Waals surface area contributed by atoms with Crippen molar-refractivity contribution >= 4 is 23.1 Å². The molecule has 3 aromatic carbocycles. The van der Waals surface area contributed by atoms with Crippen molar-refractivity contribution < 1.29 is 9.18 Å². The number of halogens is 1. The number of aromatic nitrogens is 2. The number of nitrogens with zero attached hydrogens (tertiary/aromatic N) is 3. The van der Waals surface area contributed by atoms with Crippen LogP contribution in [0.3, 0.4) is 0 Å². The Morgan fingerprint density at radius 1 is 0.867 bits per heavy atom. The average Bonchev–Trinajstić information content (AvgIpc) is 2.79. The lowest BCUT2D eigenvalue weighted by Crippen LogP contribution is -2.19. The molecule has 5 nitrogen and oxygen atoms in total. The lowest BCUT2D eigenvalue weighted by molar-refractivity contribution is 0.102. The zero-order valence-electron chi connectivity index (χ0n) is 16.1. The number of para-hydroxylation sites is 1. The summed E-state index contributed by atoms with van der Waals surface area (Å²) in [6.45, 7) is 0.606. The molecule has 1 N–H and O–H groups in total. The van der Waals surface area contributed by atoms with Gasteiger partial charge in [-0.2, -0.15) is 0 Å². The summed E-state index contributed by atoms with van der Waals surface area (Å²) >= 11 is 0. The predicted octanol–water partition coefficient (Wildman–Crippen LogP) is 5.21. The van der Waals surface area contributed by atoms with E-state index in [2.05, 4.69) is 15.3 Å². The summed E-state index contributed by atoms with van der Waals surface area (Å²) in [5.41, 5.74) is 2.60. The molecule has 0 bridgehead atoms. The number of rotatable bonds is 6. The first-order valence-corrected chi connectivity index (χ1v) is 9.44. The van der Waals surface area contributed by atoms with Gasteiger partial charge in [0.2, 0.25) is 0 Å². The molecule has 0 saturated carbocycles. The van der Waals surface area contributed by atoms with Gasteiger partial charge in [-0.1, -0.05) is 54.6 Å². The third-order valence-corrected chi connectivity index (χ3v) is 4.48. The van der Waals surface area contributed by atoms with Crippen LogP contribution >= 0.6 is 0 Å². The van der Waals surface area contributed by atoms with Gasteiger partial charge < -0.3 is 10.2 Å². The normalized spacial score (nSPS) is 10.4. The Morgan fingerprint density at radius 2 is 1.60 bits per heavy atom. The molecule has 0 saturated heterocycles. The Morgan fingerprint density at radius 3 is 2.27 bits per heavy atom. The van der Waals surface area contributed by atoms with Gasteiger partial charge in [0.05, 0.1) is 12.4 Å². The minimum absolute atomic E-state index is 0.149. The largest absolute Gasteiger partial charge is 0.321 e. The topological polar surface area (TPSA) is 58.1 Å². The molecule has 1 amide bonds. The highest BCUT2D eigenvalue weighted by molar-refractivity contribution is 6.02. The van der Waals surface area contributed by atoms with Crippen molar-refractivity contribution in [3.8, 4) is 0 Å². The van der Waals surface area contributed by atoms with E-state index >= 15 is 0 Å². The molecule has 0 spiro atoms. The highest BCUT2D eigenvalue weighted by atomic mass is 19.1. The van der Waals surface area contributed by atoms with E-state index in [0.29, 0.717) is 18.1 Å². The summed E-state index contributed by atoms with van der Waals surface area (Å²) in [6, 6.07) is 25.6. The van der Waals surface area contributed by atoms with Gasteiger partial charge in [0.1, 0.15) is 11.5 Å². The molecule has 0 radical (unpaired) electrons. The fraction of sp³-hybridized carbons (Fsp3) is 0.0417. The third-order valence-electron chi connectivity index (χ3n) is 4.48. The summed E-state index contributed by atoms with van der Waals surface area (Å²) in [4.78, 5) is 23.2. The van der Waals surface area contributed by atoms with Crippen LogP contribution < -0.4 is 10.2 Å². The lowest BCUT2D eigenvalue weighted by atomic mass is 10.2. The van der Waals surface area contributed by atoms with E-state index in [1.807, 2.05) is 65.6 Å². The standard InChI is InChI=1S/C24H19FN4O/c25-19-10-7-11-20(14-19)28-24(30)22-15-27-23(16-26-22)29(21-12-5-2-6-13-21)17-18-8-3-1-4-9-18/h1-16H,17H2,(H,28,30). The van der Waals surface area contributed by atoms with Crippen LogP contribution in [0.1, 0.15) is 16.1 Å². The predicted molar refractivity (Wildman–Crippen MR) is 115 cm³/mol. The van der Waals surface area contributed by atoms with Crippen molar-refractivity contribution in [3.63, 3.8) is 0 Å². The fourth-order valence-corrected chi connectivity index (χ4v) is 3.02. The van der Waals surface area contributed by atoms with E-state index in [1.165, 1.54) is 24.4 Å². The molecule has 1 heterocycles. The third kappa shape index (κ3) is 4.67. The number of anilines is 3. The van der Waals surface area contributed by atoms with Crippen LogP contribution in [0.2, 0.25) is 0 Å². The van der Waals surface area contributed by atoms with E-state index in [9.17, 15) is 9.18 Å². The van der Waals surface area contributed by atoms with Crippen LogP contribution in [-0.2, 0) is 6.54 Å². The Kier molecular flexibility index (Phi) is 5.75. The fourth-order valence-electron chi connectivity index (χ4n) is 3.02. The maximum Gasteiger partial charge on any atom is 0.275 e. The lowest BCUT2D eigenvalue weighted by Gasteiger charge is -2.23. The molecule has 30 heavy (non-hydrogen) atoms. The summed E-state index contributed by atoms with van der Waals surface area (Å²) in [7, 11) is 0. The molecular formula is C24H19FN4O. The van der Waals surface area contributed by atoms with Gasteiger partial charge >= 0.3 is 0 Å². The van der Waals surface area contributed by atoms with Crippen molar-refractivity contribution in [2.24, 2.45) is 0 Å². The second-order valence-corrected chi connectivity index (χ2v) is 6.63. The molecule has 6 heteroatoms. The summed E-state index contributed by atoms with van der Waals surface area (Å²) in [5.74, 6) is -0.255. The summed E-state index contributed by atoms with van der Waals surface area (Å²) in [6.07, 6.45) is 2.99. The number of hydrogen-bond donors (Lipinski definition) is 1. The first-order chi connectivity index (χ1) is 14.7. The van der Waals surface area contributed by atoms with E-state index in [-0.39, 0.29) is 5.69 Å². The first-order valence-electron chi connectivity index (χ1n) is 9.44. The Labute approximate surface area is 173 Å². The Balaban J connectivity index is 1.57. The number of nitrogens with one attached hydrogen (secondary N) is 1. The van der Waals surface area contributed by atoms with Gasteiger partial charge in [0.15, 0.2) is 5.82 Å². The SMILES string of the molecule is O=C(Nc1cccc(F)c1)c1cnc(N(Cc2ccccc2)c2ccccc2)cn1. The molecular weight excluding hydrogens is 379 g/mol. The maximum absolute atomic E-state index is 13.3. The van der Waals surface area contributed by atoms with Gasteiger partial charge in [-0.25, -0.2) is 14.4 Å². The maximum atomic E-state index is 13.3. The van der Waals surface area contributed by atoms with Crippen molar-refractivity contribution in [2.45, 2.75) is 6.54 Å². The zero-order valence-corrected chi connectivity index (χ0v) is 16.1. The molecule has 0 unspecified atom stereocenters. The van der Waals surface area contributed by atoms with E-state index < -0.39 is 11.7 Å². The van der Waals surface area contributed by atoms with Crippen molar-refractivity contribution in [1.82, 2.24) is 9.97 Å². The molecule has 148 valence electrons.